The molecule has 1 aliphatic carbocycles. The number of ketones is 2. The normalized spacial score (nSPS) is 15.1. The molecular formula is C19H20F3NO7S. The van der Waals surface area contributed by atoms with Gasteiger partial charge in [0.15, 0.2) is 33.8 Å². The van der Waals surface area contributed by atoms with E-state index in [1.165, 1.54) is 14.1 Å². The lowest BCUT2D eigenvalue weighted by Crippen LogP contribution is -2.28. The van der Waals surface area contributed by atoms with Crippen molar-refractivity contribution in [1.29, 1.82) is 0 Å². The third-order valence-electron chi connectivity index (χ3n) is 4.50. The second-order valence-electron chi connectivity index (χ2n) is 7.09. The van der Waals surface area contributed by atoms with Gasteiger partial charge in [0, 0.05) is 38.8 Å². The lowest BCUT2D eigenvalue weighted by Gasteiger charge is -2.22. The van der Waals surface area contributed by atoms with E-state index in [-0.39, 0.29) is 19.3 Å². The van der Waals surface area contributed by atoms with Gasteiger partial charge >= 0.3 is 6.18 Å². The first-order chi connectivity index (χ1) is 14.2. The van der Waals surface area contributed by atoms with Crippen LogP contribution in [0.1, 0.15) is 30.4 Å². The maximum absolute atomic E-state index is 14.0. The number of nitrogens with zero attached hydrogens (tertiary/aromatic N) is 1. The smallest absolute Gasteiger partial charge is 0.420 e. The topological polar surface area (TPSA) is 118 Å². The summed E-state index contributed by atoms with van der Waals surface area (Å²) in [6, 6.07) is 1.40. The third-order valence-corrected chi connectivity index (χ3v) is 5.62. The van der Waals surface area contributed by atoms with Crippen LogP contribution in [0.4, 0.5) is 13.2 Å². The number of hydrogen-bond acceptors (Lipinski definition) is 7. The molecule has 0 aromatic heterocycles. The van der Waals surface area contributed by atoms with Crippen LogP contribution in [-0.2, 0) is 30.4 Å². The van der Waals surface area contributed by atoms with Crippen molar-refractivity contribution >= 4 is 33.1 Å². The lowest BCUT2D eigenvalue weighted by molar-refractivity contribution is -0.141. The number of hydrogen-bond donors (Lipinski definition) is 1. The Balaban J connectivity index is 2.85. The van der Waals surface area contributed by atoms with Crippen LogP contribution >= 0.6 is 0 Å². The molecule has 0 radical (unpaired) electrons. The Hall–Kier alpha value is -2.89. The highest BCUT2D eigenvalue weighted by Gasteiger charge is 2.42. The summed E-state index contributed by atoms with van der Waals surface area (Å²) in [7, 11) is -1.61. The molecule has 2 rings (SSSR count). The fraction of sp³-hybridized carbons (Fsp3) is 0.421. The molecule has 31 heavy (non-hydrogen) atoms. The zero-order chi connectivity index (χ0) is 23.7. The van der Waals surface area contributed by atoms with Gasteiger partial charge in [0.25, 0.3) is 5.91 Å². The number of benzene rings is 1. The van der Waals surface area contributed by atoms with Crippen LogP contribution in [0, 0.1) is 0 Å². The SMILES string of the molecule is CN(C)C(=O)COc1c(S(C)(=O)=O)ccc(C(O)=C2C(=O)CCCC2=O)c1C(F)(F)F. The molecule has 1 aromatic rings. The molecule has 0 atom stereocenters. The molecule has 170 valence electrons. The van der Waals surface area contributed by atoms with Crippen LogP contribution in [0.25, 0.3) is 5.76 Å². The number of aliphatic hydroxyl groups is 1. The van der Waals surface area contributed by atoms with Crippen molar-refractivity contribution < 1.29 is 45.8 Å². The molecule has 0 aliphatic heterocycles. The van der Waals surface area contributed by atoms with Crippen LogP contribution in [0.5, 0.6) is 5.75 Å². The molecule has 0 spiro atoms. The molecule has 0 saturated heterocycles. The maximum Gasteiger partial charge on any atom is 0.420 e. The first-order valence-electron chi connectivity index (χ1n) is 8.93. The summed E-state index contributed by atoms with van der Waals surface area (Å²) in [5.41, 5.74) is -3.48. The number of allylic oxidation sites excluding steroid dienone is 1. The monoisotopic (exact) mass is 463 g/mol. The standard InChI is InChI=1S/C19H20F3NO7S/c1-23(2)14(26)9-30-18-13(31(3,28)29)8-7-10(16(18)19(20,21)22)17(27)15-11(24)5-4-6-12(15)25/h7-8,27H,4-6,9H2,1-3H3. The van der Waals surface area contributed by atoms with E-state index in [0.717, 1.165) is 11.0 Å². The van der Waals surface area contributed by atoms with Crippen LogP contribution in [0.15, 0.2) is 22.6 Å². The number of likely N-dealkylation sites (N-methyl/N-ethyl adjacent to an activating group) is 1. The second kappa shape index (κ2) is 8.69. The minimum atomic E-state index is -5.26. The minimum Gasteiger partial charge on any atom is -0.506 e. The Bertz CT molecular complexity index is 1050. The van der Waals surface area contributed by atoms with Gasteiger partial charge in [-0.25, -0.2) is 8.42 Å². The van der Waals surface area contributed by atoms with Crippen molar-refractivity contribution in [3.8, 4) is 5.75 Å². The summed E-state index contributed by atoms with van der Waals surface area (Å²) in [5.74, 6) is -4.81. The number of amides is 1. The maximum atomic E-state index is 14.0. The number of carbonyl (C=O) groups excluding carboxylic acids is 3. The number of aliphatic hydroxyl groups excluding tert-OH is 1. The second-order valence-corrected chi connectivity index (χ2v) is 9.07. The predicted molar refractivity (Wildman–Crippen MR) is 102 cm³/mol. The molecular weight excluding hydrogens is 443 g/mol. The zero-order valence-electron chi connectivity index (χ0n) is 16.9. The molecule has 1 aliphatic rings. The van der Waals surface area contributed by atoms with E-state index in [0.29, 0.717) is 12.3 Å². The first kappa shape index (κ1) is 24.4. The highest BCUT2D eigenvalue weighted by atomic mass is 32.2. The summed E-state index contributed by atoms with van der Waals surface area (Å²) in [4.78, 5) is 36.1. The Labute approximate surface area is 176 Å². The molecule has 0 unspecified atom stereocenters. The fourth-order valence-corrected chi connectivity index (χ4v) is 3.77. The highest BCUT2D eigenvalue weighted by molar-refractivity contribution is 7.90. The number of ether oxygens (including phenoxy) is 1. The molecule has 1 fully saturated rings. The van der Waals surface area contributed by atoms with Crippen LogP contribution < -0.4 is 4.74 Å². The average molecular weight is 463 g/mol. The van der Waals surface area contributed by atoms with Crippen molar-refractivity contribution in [1.82, 2.24) is 4.90 Å². The van der Waals surface area contributed by atoms with Gasteiger partial charge in [-0.3, -0.25) is 14.4 Å². The van der Waals surface area contributed by atoms with Crippen molar-refractivity contribution in [2.45, 2.75) is 30.3 Å². The van der Waals surface area contributed by atoms with Crippen molar-refractivity contribution in [2.24, 2.45) is 0 Å². The van der Waals surface area contributed by atoms with Gasteiger partial charge in [0.2, 0.25) is 0 Å². The minimum absolute atomic E-state index is 0.130. The first-order valence-corrected chi connectivity index (χ1v) is 10.8. The number of sulfone groups is 1. The molecule has 0 heterocycles. The van der Waals surface area contributed by atoms with Gasteiger partial charge in [-0.1, -0.05) is 0 Å². The van der Waals surface area contributed by atoms with Crippen molar-refractivity contribution in [3.63, 3.8) is 0 Å². The Morgan fingerprint density at radius 2 is 1.71 bits per heavy atom. The summed E-state index contributed by atoms with van der Waals surface area (Å²) in [5, 5.41) is 10.5. The Kier molecular flexibility index (Phi) is 6.84. The fourth-order valence-electron chi connectivity index (χ4n) is 2.95. The van der Waals surface area contributed by atoms with Crippen LogP contribution in [0.3, 0.4) is 0 Å². The van der Waals surface area contributed by atoms with E-state index in [4.69, 9.17) is 4.74 Å². The van der Waals surface area contributed by atoms with E-state index < -0.39 is 73.2 Å². The number of Topliss-reactive ketones (excluding diaryl/α,β-unsaturated/α-hetero) is 2. The third kappa shape index (κ3) is 5.24. The summed E-state index contributed by atoms with van der Waals surface area (Å²) in [6.45, 7) is -0.919. The van der Waals surface area contributed by atoms with E-state index in [1.54, 1.807) is 0 Å². The van der Waals surface area contributed by atoms with Gasteiger partial charge in [0.1, 0.15) is 21.8 Å². The molecule has 12 heteroatoms. The largest absolute Gasteiger partial charge is 0.506 e. The number of rotatable bonds is 5. The molecule has 1 N–H and O–H groups in total. The Morgan fingerprint density at radius 3 is 2.16 bits per heavy atom. The molecule has 1 saturated carbocycles. The summed E-state index contributed by atoms with van der Waals surface area (Å²) < 4.78 is 71.2. The number of halogens is 3. The summed E-state index contributed by atoms with van der Waals surface area (Å²) in [6.07, 6.45) is -4.67. The van der Waals surface area contributed by atoms with E-state index in [1.807, 2.05) is 0 Å². The average Bonchev–Trinajstić information content (AvgIpc) is 2.63. The van der Waals surface area contributed by atoms with Crippen molar-refractivity contribution in [2.75, 3.05) is 27.0 Å². The highest BCUT2D eigenvalue weighted by Crippen LogP contribution is 2.45. The summed E-state index contributed by atoms with van der Waals surface area (Å²) >= 11 is 0. The van der Waals surface area contributed by atoms with Gasteiger partial charge in [-0.2, -0.15) is 13.2 Å². The molecule has 8 nitrogen and oxygen atoms in total. The Morgan fingerprint density at radius 1 is 1.16 bits per heavy atom. The van der Waals surface area contributed by atoms with E-state index in [2.05, 4.69) is 0 Å². The lowest BCUT2D eigenvalue weighted by atomic mass is 9.88. The quantitative estimate of drug-likeness (QED) is 0.404. The predicted octanol–water partition coefficient (Wildman–Crippen LogP) is 2.17. The van der Waals surface area contributed by atoms with E-state index >= 15 is 0 Å². The van der Waals surface area contributed by atoms with Crippen LogP contribution in [0.2, 0.25) is 0 Å². The number of alkyl halides is 3. The van der Waals surface area contributed by atoms with E-state index in [9.17, 15) is 41.1 Å². The van der Waals surface area contributed by atoms with Crippen LogP contribution in [-0.4, -0.2) is 62.9 Å². The number of carbonyl (C=O) groups is 3. The van der Waals surface area contributed by atoms with Gasteiger partial charge < -0.3 is 14.7 Å². The van der Waals surface area contributed by atoms with Crippen molar-refractivity contribution in [3.05, 3.63) is 28.8 Å². The van der Waals surface area contributed by atoms with Gasteiger partial charge in [0.05, 0.1) is 0 Å². The van der Waals surface area contributed by atoms with Gasteiger partial charge in [-0.15, -0.1) is 0 Å². The molecule has 0 bridgehead atoms. The van der Waals surface area contributed by atoms with Gasteiger partial charge in [-0.05, 0) is 18.6 Å². The molecule has 1 amide bonds. The zero-order valence-corrected chi connectivity index (χ0v) is 17.7. The molecule has 1 aromatic carbocycles.